The maximum atomic E-state index is 11.7. The summed E-state index contributed by atoms with van der Waals surface area (Å²) in [6.45, 7) is 4.68. The standard InChI is InChI=1S/C15H29N5O2.HI/c1-4-7-17-15(18-10-14(22)19(2)3)20-8-5-6-12(11-20)9-13(16)21;/h12H,4-11H2,1-3H3,(H2,16,21)(H,17,18);1H. The molecule has 0 aromatic heterocycles. The van der Waals surface area contributed by atoms with Gasteiger partial charge in [-0.25, -0.2) is 4.99 Å². The summed E-state index contributed by atoms with van der Waals surface area (Å²) in [5, 5.41) is 3.30. The number of aliphatic imine (C=N–C) groups is 1. The molecule has 1 fully saturated rings. The SMILES string of the molecule is CCCNC(=NCC(=O)N(C)C)N1CCCC(CC(N)=O)C1.I. The molecule has 23 heavy (non-hydrogen) atoms. The summed E-state index contributed by atoms with van der Waals surface area (Å²) >= 11 is 0. The van der Waals surface area contributed by atoms with E-state index in [4.69, 9.17) is 5.73 Å². The third-order valence-corrected chi connectivity index (χ3v) is 3.70. The fourth-order valence-corrected chi connectivity index (χ4v) is 2.50. The summed E-state index contributed by atoms with van der Waals surface area (Å²) in [6, 6.07) is 0. The van der Waals surface area contributed by atoms with E-state index in [1.54, 1.807) is 14.1 Å². The van der Waals surface area contributed by atoms with E-state index in [1.807, 2.05) is 0 Å². The van der Waals surface area contributed by atoms with Crippen molar-refractivity contribution in [1.29, 1.82) is 0 Å². The molecule has 1 heterocycles. The van der Waals surface area contributed by atoms with Crippen molar-refractivity contribution in [3.05, 3.63) is 0 Å². The highest BCUT2D eigenvalue weighted by Crippen LogP contribution is 2.19. The highest BCUT2D eigenvalue weighted by molar-refractivity contribution is 14.0. The number of rotatable bonds is 6. The molecule has 1 aliphatic rings. The van der Waals surface area contributed by atoms with Crippen LogP contribution in [-0.2, 0) is 9.59 Å². The van der Waals surface area contributed by atoms with Crippen molar-refractivity contribution in [3.8, 4) is 0 Å². The van der Waals surface area contributed by atoms with Crippen molar-refractivity contribution in [2.24, 2.45) is 16.6 Å². The van der Waals surface area contributed by atoms with Gasteiger partial charge < -0.3 is 20.9 Å². The van der Waals surface area contributed by atoms with Gasteiger partial charge in [-0.05, 0) is 25.2 Å². The van der Waals surface area contributed by atoms with Crippen molar-refractivity contribution in [1.82, 2.24) is 15.1 Å². The molecule has 134 valence electrons. The Morgan fingerprint density at radius 2 is 2.09 bits per heavy atom. The van der Waals surface area contributed by atoms with Gasteiger partial charge in [-0.3, -0.25) is 9.59 Å². The van der Waals surface area contributed by atoms with Crippen molar-refractivity contribution >= 4 is 41.8 Å². The summed E-state index contributed by atoms with van der Waals surface area (Å²) in [6.07, 6.45) is 3.41. The van der Waals surface area contributed by atoms with Crippen LogP contribution in [0, 0.1) is 5.92 Å². The van der Waals surface area contributed by atoms with Gasteiger partial charge in [-0.1, -0.05) is 6.92 Å². The minimum atomic E-state index is -0.255. The van der Waals surface area contributed by atoms with Gasteiger partial charge in [0.2, 0.25) is 11.8 Å². The molecule has 1 aliphatic heterocycles. The third-order valence-electron chi connectivity index (χ3n) is 3.70. The Labute approximate surface area is 156 Å². The predicted octanol–water partition coefficient (Wildman–Crippen LogP) is 0.636. The average molecular weight is 439 g/mol. The number of nitrogens with zero attached hydrogens (tertiary/aromatic N) is 3. The predicted molar refractivity (Wildman–Crippen MR) is 103 cm³/mol. The molecule has 0 radical (unpaired) electrons. The smallest absolute Gasteiger partial charge is 0.243 e. The number of guanidine groups is 1. The zero-order valence-corrected chi connectivity index (χ0v) is 16.7. The van der Waals surface area contributed by atoms with Gasteiger partial charge in [-0.15, -0.1) is 24.0 Å². The van der Waals surface area contributed by atoms with Gasteiger partial charge in [0, 0.05) is 40.2 Å². The summed E-state index contributed by atoms with van der Waals surface area (Å²) in [7, 11) is 3.45. The largest absolute Gasteiger partial charge is 0.370 e. The van der Waals surface area contributed by atoms with Crippen LogP contribution < -0.4 is 11.1 Å². The highest BCUT2D eigenvalue weighted by Gasteiger charge is 2.23. The number of carbonyl (C=O) groups is 2. The number of hydrogen-bond donors (Lipinski definition) is 2. The Balaban J connectivity index is 0.00000484. The zero-order valence-electron chi connectivity index (χ0n) is 14.4. The van der Waals surface area contributed by atoms with Crippen molar-refractivity contribution in [3.63, 3.8) is 0 Å². The number of likely N-dealkylation sites (N-methyl/N-ethyl adjacent to an activating group) is 1. The molecule has 0 bridgehead atoms. The van der Waals surface area contributed by atoms with E-state index in [2.05, 4.69) is 22.1 Å². The summed E-state index contributed by atoms with van der Waals surface area (Å²) in [5.41, 5.74) is 5.30. The lowest BCUT2D eigenvalue weighted by Crippen LogP contribution is -2.47. The average Bonchev–Trinajstić information content (AvgIpc) is 2.46. The van der Waals surface area contributed by atoms with Gasteiger partial charge in [0.15, 0.2) is 5.96 Å². The molecule has 0 aromatic carbocycles. The lowest BCUT2D eigenvalue weighted by atomic mass is 9.95. The molecule has 1 rings (SSSR count). The molecule has 3 N–H and O–H groups in total. The van der Waals surface area contributed by atoms with Crippen LogP contribution >= 0.6 is 24.0 Å². The molecule has 0 saturated carbocycles. The summed E-state index contributed by atoms with van der Waals surface area (Å²) in [5.74, 6) is 0.742. The highest BCUT2D eigenvalue weighted by atomic mass is 127. The first-order valence-corrected chi connectivity index (χ1v) is 7.95. The van der Waals surface area contributed by atoms with Gasteiger partial charge in [0.25, 0.3) is 0 Å². The number of amides is 2. The first-order chi connectivity index (χ1) is 10.4. The van der Waals surface area contributed by atoms with E-state index >= 15 is 0 Å². The number of halogens is 1. The molecular weight excluding hydrogens is 409 g/mol. The number of carbonyl (C=O) groups excluding carboxylic acids is 2. The Morgan fingerprint density at radius 3 is 2.65 bits per heavy atom. The second-order valence-corrected chi connectivity index (χ2v) is 5.98. The Kier molecular flexibility index (Phi) is 10.9. The van der Waals surface area contributed by atoms with Crippen LogP contribution in [0.2, 0.25) is 0 Å². The molecule has 8 heteroatoms. The fraction of sp³-hybridized carbons (Fsp3) is 0.800. The molecule has 1 unspecified atom stereocenters. The quantitative estimate of drug-likeness (QED) is 0.361. The second kappa shape index (κ2) is 11.5. The van der Waals surface area contributed by atoms with E-state index in [1.165, 1.54) is 4.90 Å². The Bertz CT molecular complexity index is 415. The van der Waals surface area contributed by atoms with E-state index in [0.29, 0.717) is 6.42 Å². The van der Waals surface area contributed by atoms with E-state index < -0.39 is 0 Å². The van der Waals surface area contributed by atoms with Crippen molar-refractivity contribution < 1.29 is 9.59 Å². The van der Waals surface area contributed by atoms with Gasteiger partial charge in [-0.2, -0.15) is 0 Å². The van der Waals surface area contributed by atoms with Crippen LogP contribution in [0.3, 0.4) is 0 Å². The fourth-order valence-electron chi connectivity index (χ4n) is 2.50. The van der Waals surface area contributed by atoms with Crippen LogP contribution in [-0.4, -0.2) is 67.8 Å². The second-order valence-electron chi connectivity index (χ2n) is 5.98. The summed E-state index contributed by atoms with van der Waals surface area (Å²) in [4.78, 5) is 31.0. The molecule has 1 atom stereocenters. The molecule has 7 nitrogen and oxygen atoms in total. The van der Waals surface area contributed by atoms with E-state index in [9.17, 15) is 9.59 Å². The van der Waals surface area contributed by atoms with Crippen molar-refractivity contribution in [2.45, 2.75) is 32.6 Å². The zero-order chi connectivity index (χ0) is 16.5. The molecule has 0 spiro atoms. The van der Waals surface area contributed by atoms with E-state index in [-0.39, 0.29) is 48.3 Å². The van der Waals surface area contributed by atoms with Crippen LogP contribution in [0.5, 0.6) is 0 Å². The lowest BCUT2D eigenvalue weighted by molar-refractivity contribution is -0.127. The topological polar surface area (TPSA) is 91.0 Å². The third kappa shape index (κ3) is 8.38. The van der Waals surface area contributed by atoms with E-state index in [0.717, 1.165) is 44.9 Å². The minimum absolute atomic E-state index is 0. The van der Waals surface area contributed by atoms with Gasteiger partial charge in [0.05, 0.1) is 0 Å². The number of nitrogens with two attached hydrogens (primary N) is 1. The molecule has 0 aromatic rings. The van der Waals surface area contributed by atoms with Crippen molar-refractivity contribution in [2.75, 3.05) is 40.3 Å². The Morgan fingerprint density at radius 1 is 1.39 bits per heavy atom. The van der Waals surface area contributed by atoms with Gasteiger partial charge in [0.1, 0.15) is 6.54 Å². The number of nitrogens with one attached hydrogen (secondary N) is 1. The number of likely N-dealkylation sites (tertiary alicyclic amines) is 1. The molecule has 1 saturated heterocycles. The molecule has 0 aliphatic carbocycles. The van der Waals surface area contributed by atoms with Crippen LogP contribution in [0.25, 0.3) is 0 Å². The number of piperidine rings is 1. The molecule has 2 amide bonds. The summed E-state index contributed by atoms with van der Waals surface area (Å²) < 4.78 is 0. The lowest BCUT2D eigenvalue weighted by Gasteiger charge is -2.34. The minimum Gasteiger partial charge on any atom is -0.370 e. The van der Waals surface area contributed by atoms with Crippen LogP contribution in [0.1, 0.15) is 32.6 Å². The molecular formula is C15H30IN5O2. The number of primary amides is 1. The first kappa shape index (κ1) is 21.9. The Hall–Kier alpha value is -1.06. The van der Waals surface area contributed by atoms with Crippen LogP contribution in [0.15, 0.2) is 4.99 Å². The maximum absolute atomic E-state index is 11.7. The monoisotopic (exact) mass is 439 g/mol. The number of hydrogen-bond acceptors (Lipinski definition) is 3. The van der Waals surface area contributed by atoms with Gasteiger partial charge >= 0.3 is 0 Å². The normalized spacial score (nSPS) is 18.1. The van der Waals surface area contributed by atoms with Crippen LogP contribution in [0.4, 0.5) is 0 Å². The first-order valence-electron chi connectivity index (χ1n) is 7.95. The maximum Gasteiger partial charge on any atom is 0.243 e.